The highest BCUT2D eigenvalue weighted by molar-refractivity contribution is 5.70. The van der Waals surface area contributed by atoms with Gasteiger partial charge in [0.15, 0.2) is 0 Å². The van der Waals surface area contributed by atoms with Crippen molar-refractivity contribution in [2.75, 3.05) is 0 Å². The Bertz CT molecular complexity index is 382. The second-order valence-electron chi connectivity index (χ2n) is 4.89. The van der Waals surface area contributed by atoms with Crippen LogP contribution in [0.1, 0.15) is 31.2 Å². The van der Waals surface area contributed by atoms with Gasteiger partial charge in [0.1, 0.15) is 5.82 Å². The topological polar surface area (TPSA) is 37.3 Å². The van der Waals surface area contributed by atoms with E-state index < -0.39 is 5.97 Å². The van der Waals surface area contributed by atoms with Gasteiger partial charge in [-0.15, -0.1) is 0 Å². The van der Waals surface area contributed by atoms with Crippen molar-refractivity contribution in [1.82, 2.24) is 0 Å². The molecule has 1 atom stereocenters. The molecule has 3 heteroatoms. The number of aliphatic carboxylic acids is 1. The summed E-state index contributed by atoms with van der Waals surface area (Å²) >= 11 is 0. The number of rotatable bonds is 6. The molecule has 1 fully saturated rings. The first-order chi connectivity index (χ1) is 8.15. The quantitative estimate of drug-likeness (QED) is 0.823. The first-order valence-corrected chi connectivity index (χ1v) is 6.12. The van der Waals surface area contributed by atoms with Gasteiger partial charge in [0.2, 0.25) is 0 Å². The fraction of sp³-hybridized carbons (Fsp3) is 0.500. The van der Waals surface area contributed by atoms with Gasteiger partial charge < -0.3 is 5.11 Å². The lowest BCUT2D eigenvalue weighted by Gasteiger charge is -2.11. The van der Waals surface area contributed by atoms with Crippen molar-refractivity contribution >= 4 is 5.97 Å². The summed E-state index contributed by atoms with van der Waals surface area (Å²) in [5, 5.41) is 9.15. The maximum absolute atomic E-state index is 12.7. The standard InChI is InChI=1S/C14H17FO2/c15-13-7-4-11(5-8-13)9-12(14(16)17)6-3-10-1-2-10/h4-5,7-8,10,12H,1-3,6,9H2,(H,16,17). The van der Waals surface area contributed by atoms with Crippen LogP contribution in [-0.4, -0.2) is 11.1 Å². The van der Waals surface area contributed by atoms with Crippen molar-refractivity contribution in [2.45, 2.75) is 32.1 Å². The molecule has 17 heavy (non-hydrogen) atoms. The maximum Gasteiger partial charge on any atom is 0.306 e. The largest absolute Gasteiger partial charge is 0.481 e. The SMILES string of the molecule is O=C(O)C(CCC1CC1)Cc1ccc(F)cc1. The van der Waals surface area contributed by atoms with Crippen LogP contribution in [0.3, 0.4) is 0 Å². The van der Waals surface area contributed by atoms with Crippen molar-refractivity contribution in [3.05, 3.63) is 35.6 Å². The van der Waals surface area contributed by atoms with Crippen molar-refractivity contribution in [3.63, 3.8) is 0 Å². The zero-order valence-corrected chi connectivity index (χ0v) is 9.73. The van der Waals surface area contributed by atoms with Gasteiger partial charge in [-0.05, 0) is 42.9 Å². The summed E-state index contributed by atoms with van der Waals surface area (Å²) in [7, 11) is 0. The third kappa shape index (κ3) is 3.84. The highest BCUT2D eigenvalue weighted by atomic mass is 19.1. The molecular formula is C14H17FO2. The fourth-order valence-corrected chi connectivity index (χ4v) is 2.06. The van der Waals surface area contributed by atoms with Crippen LogP contribution in [0.15, 0.2) is 24.3 Å². The molecule has 1 aromatic carbocycles. The van der Waals surface area contributed by atoms with Crippen LogP contribution in [0.2, 0.25) is 0 Å². The summed E-state index contributed by atoms with van der Waals surface area (Å²) in [6.07, 6.45) is 4.75. The van der Waals surface area contributed by atoms with Crippen LogP contribution in [0.4, 0.5) is 4.39 Å². The van der Waals surface area contributed by atoms with Gasteiger partial charge in [0.25, 0.3) is 0 Å². The number of carboxylic acids is 1. The molecule has 1 N–H and O–H groups in total. The minimum atomic E-state index is -0.741. The summed E-state index contributed by atoms with van der Waals surface area (Å²) < 4.78 is 12.7. The Morgan fingerprint density at radius 1 is 1.35 bits per heavy atom. The van der Waals surface area contributed by atoms with E-state index in [9.17, 15) is 9.18 Å². The lowest BCUT2D eigenvalue weighted by molar-refractivity contribution is -0.142. The molecule has 1 aromatic rings. The molecule has 1 saturated carbocycles. The summed E-state index contributed by atoms with van der Waals surface area (Å²) in [4.78, 5) is 11.1. The van der Waals surface area contributed by atoms with Gasteiger partial charge in [0, 0.05) is 0 Å². The van der Waals surface area contributed by atoms with Crippen molar-refractivity contribution in [1.29, 1.82) is 0 Å². The van der Waals surface area contributed by atoms with E-state index in [0.29, 0.717) is 6.42 Å². The van der Waals surface area contributed by atoms with E-state index in [1.807, 2.05) is 0 Å². The lowest BCUT2D eigenvalue weighted by Crippen LogP contribution is -2.16. The third-order valence-corrected chi connectivity index (χ3v) is 3.36. The van der Waals surface area contributed by atoms with Crippen molar-refractivity contribution in [3.8, 4) is 0 Å². The van der Waals surface area contributed by atoms with Gasteiger partial charge in [-0.25, -0.2) is 4.39 Å². The molecular weight excluding hydrogens is 219 g/mol. The fourth-order valence-electron chi connectivity index (χ4n) is 2.06. The normalized spacial score (nSPS) is 16.8. The summed E-state index contributed by atoms with van der Waals surface area (Å²) in [6, 6.07) is 6.11. The van der Waals surface area contributed by atoms with Crippen LogP contribution < -0.4 is 0 Å². The van der Waals surface area contributed by atoms with E-state index in [0.717, 1.165) is 24.3 Å². The van der Waals surface area contributed by atoms with Gasteiger partial charge in [-0.1, -0.05) is 25.0 Å². The molecule has 2 rings (SSSR count). The van der Waals surface area contributed by atoms with Crippen molar-refractivity contribution in [2.24, 2.45) is 11.8 Å². The molecule has 0 aliphatic heterocycles. The molecule has 1 aliphatic carbocycles. The van der Waals surface area contributed by atoms with E-state index in [1.54, 1.807) is 12.1 Å². The van der Waals surface area contributed by atoms with E-state index in [4.69, 9.17) is 5.11 Å². The van der Waals surface area contributed by atoms with Crippen LogP contribution >= 0.6 is 0 Å². The van der Waals surface area contributed by atoms with E-state index in [1.165, 1.54) is 25.0 Å². The van der Waals surface area contributed by atoms with Crippen LogP contribution in [-0.2, 0) is 11.2 Å². The number of benzene rings is 1. The smallest absolute Gasteiger partial charge is 0.306 e. The number of hydrogen-bond acceptors (Lipinski definition) is 1. The average Bonchev–Trinajstić information content (AvgIpc) is 3.10. The Labute approximate surface area is 100 Å². The average molecular weight is 236 g/mol. The Kier molecular flexibility index (Phi) is 3.77. The summed E-state index contributed by atoms with van der Waals surface area (Å²) in [6.45, 7) is 0. The number of hydrogen-bond donors (Lipinski definition) is 1. The Morgan fingerprint density at radius 2 is 2.00 bits per heavy atom. The molecule has 0 bridgehead atoms. The zero-order valence-electron chi connectivity index (χ0n) is 9.73. The lowest BCUT2D eigenvalue weighted by atomic mass is 9.94. The van der Waals surface area contributed by atoms with Gasteiger partial charge >= 0.3 is 5.97 Å². The van der Waals surface area contributed by atoms with E-state index in [2.05, 4.69) is 0 Å². The predicted octanol–water partition coefficient (Wildman–Crippen LogP) is 3.26. The molecule has 2 nitrogen and oxygen atoms in total. The zero-order chi connectivity index (χ0) is 12.3. The van der Waals surface area contributed by atoms with E-state index >= 15 is 0 Å². The molecule has 0 saturated heterocycles. The predicted molar refractivity (Wildman–Crippen MR) is 63.2 cm³/mol. The molecule has 0 aromatic heterocycles. The third-order valence-electron chi connectivity index (χ3n) is 3.36. The van der Waals surface area contributed by atoms with E-state index in [-0.39, 0.29) is 11.7 Å². The van der Waals surface area contributed by atoms with Crippen LogP contribution in [0.25, 0.3) is 0 Å². The first kappa shape index (κ1) is 12.1. The molecule has 1 unspecified atom stereocenters. The number of carboxylic acid groups (broad SMARTS) is 1. The highest BCUT2D eigenvalue weighted by Gasteiger charge is 2.25. The van der Waals surface area contributed by atoms with Crippen LogP contribution in [0, 0.1) is 17.7 Å². The van der Waals surface area contributed by atoms with Crippen molar-refractivity contribution < 1.29 is 14.3 Å². The number of carbonyl (C=O) groups is 1. The maximum atomic E-state index is 12.7. The highest BCUT2D eigenvalue weighted by Crippen LogP contribution is 2.35. The van der Waals surface area contributed by atoms with Gasteiger partial charge in [0.05, 0.1) is 5.92 Å². The number of halogens is 1. The molecule has 92 valence electrons. The molecule has 0 radical (unpaired) electrons. The minimum absolute atomic E-state index is 0.279. The summed E-state index contributed by atoms with van der Waals surface area (Å²) in [5.41, 5.74) is 0.898. The Balaban J connectivity index is 1.91. The molecule has 0 heterocycles. The Morgan fingerprint density at radius 3 is 2.53 bits per heavy atom. The second-order valence-corrected chi connectivity index (χ2v) is 4.89. The monoisotopic (exact) mass is 236 g/mol. The van der Waals surface area contributed by atoms with Crippen LogP contribution in [0.5, 0.6) is 0 Å². The molecule has 0 spiro atoms. The van der Waals surface area contributed by atoms with Gasteiger partial charge in [-0.2, -0.15) is 0 Å². The minimum Gasteiger partial charge on any atom is -0.481 e. The first-order valence-electron chi connectivity index (χ1n) is 6.12. The summed E-state index contributed by atoms with van der Waals surface area (Å²) in [5.74, 6) is -0.597. The second kappa shape index (κ2) is 5.30. The van der Waals surface area contributed by atoms with Gasteiger partial charge in [-0.3, -0.25) is 4.79 Å². The Hall–Kier alpha value is -1.38. The molecule has 1 aliphatic rings. The molecule has 0 amide bonds.